The molecule has 0 radical (unpaired) electrons. The van der Waals surface area contributed by atoms with Crippen molar-refractivity contribution in [2.24, 2.45) is 10.8 Å². The molecule has 0 amide bonds. The third-order valence-electron chi connectivity index (χ3n) is 7.39. The second-order valence-corrected chi connectivity index (χ2v) is 11.6. The van der Waals surface area contributed by atoms with Gasteiger partial charge in [-0.2, -0.15) is 0 Å². The summed E-state index contributed by atoms with van der Waals surface area (Å²) in [6.07, 6.45) is 5.62. The number of ketones is 2. The lowest BCUT2D eigenvalue weighted by Crippen LogP contribution is -2.30. The summed E-state index contributed by atoms with van der Waals surface area (Å²) in [6.45, 7) is 8.16. The molecule has 0 saturated carbocycles. The van der Waals surface area contributed by atoms with Crippen molar-refractivity contribution in [2.75, 3.05) is 0 Å². The van der Waals surface area contributed by atoms with Crippen LogP contribution in [-0.2, 0) is 41.9 Å². The quantitative estimate of drug-likeness (QED) is 0.191. The Hall–Kier alpha value is -3.80. The molecule has 3 rings (SSSR count). The standard InChI is InChI=1S/C34H40O6/c1-33(2,19-11-17-31(37)39-23-25-13-7-5-8-14-25)27-21-30(36)28(22-29(27)35)34(3,4)20-12-18-32(38)40-24-26-15-9-6-10-16-26/h5-10,13-16,21-22H,11-12,17-20,23-24H2,1-4H3. The Balaban J connectivity index is 1.46. The molecule has 0 atom stereocenters. The molecule has 0 saturated heterocycles. The van der Waals surface area contributed by atoms with Crippen molar-refractivity contribution < 1.29 is 28.7 Å². The summed E-state index contributed by atoms with van der Waals surface area (Å²) in [5.41, 5.74) is 1.64. The molecule has 0 unspecified atom stereocenters. The van der Waals surface area contributed by atoms with E-state index >= 15 is 0 Å². The Morgan fingerprint density at radius 3 is 1.30 bits per heavy atom. The van der Waals surface area contributed by atoms with E-state index in [2.05, 4.69) is 0 Å². The summed E-state index contributed by atoms with van der Waals surface area (Å²) in [5.74, 6) is -0.927. The van der Waals surface area contributed by atoms with Crippen molar-refractivity contribution in [1.82, 2.24) is 0 Å². The van der Waals surface area contributed by atoms with Gasteiger partial charge in [-0.1, -0.05) is 88.4 Å². The molecule has 2 aromatic carbocycles. The van der Waals surface area contributed by atoms with E-state index in [-0.39, 0.29) is 49.6 Å². The van der Waals surface area contributed by atoms with E-state index in [1.165, 1.54) is 12.2 Å². The third-order valence-corrected chi connectivity index (χ3v) is 7.39. The van der Waals surface area contributed by atoms with Gasteiger partial charge >= 0.3 is 11.9 Å². The fourth-order valence-corrected chi connectivity index (χ4v) is 4.86. The fraction of sp³-hybridized carbons (Fsp3) is 0.412. The van der Waals surface area contributed by atoms with Crippen LogP contribution in [0.2, 0.25) is 0 Å². The van der Waals surface area contributed by atoms with Crippen LogP contribution in [0.15, 0.2) is 84.0 Å². The third kappa shape index (κ3) is 9.15. The first-order valence-electron chi connectivity index (χ1n) is 13.9. The zero-order valence-electron chi connectivity index (χ0n) is 24.0. The number of hydrogen-bond acceptors (Lipinski definition) is 6. The number of rotatable bonds is 14. The molecule has 0 spiro atoms. The van der Waals surface area contributed by atoms with Gasteiger partial charge in [0.2, 0.25) is 0 Å². The molecule has 40 heavy (non-hydrogen) atoms. The van der Waals surface area contributed by atoms with Crippen molar-refractivity contribution in [3.63, 3.8) is 0 Å². The smallest absolute Gasteiger partial charge is 0.306 e. The van der Waals surface area contributed by atoms with Crippen LogP contribution in [-0.4, -0.2) is 23.5 Å². The van der Waals surface area contributed by atoms with Crippen LogP contribution in [0.1, 0.15) is 77.3 Å². The molecule has 0 fully saturated rings. The first kappa shape index (κ1) is 30.7. The van der Waals surface area contributed by atoms with E-state index in [4.69, 9.17) is 9.47 Å². The number of carbonyl (C=O) groups is 4. The van der Waals surface area contributed by atoms with Gasteiger partial charge in [0, 0.05) is 24.0 Å². The van der Waals surface area contributed by atoms with Crippen molar-refractivity contribution >= 4 is 23.5 Å². The first-order valence-corrected chi connectivity index (χ1v) is 13.9. The maximum absolute atomic E-state index is 13.1. The van der Waals surface area contributed by atoms with Crippen LogP contribution in [0, 0.1) is 10.8 Å². The van der Waals surface area contributed by atoms with Gasteiger partial charge in [0.1, 0.15) is 13.2 Å². The zero-order chi connectivity index (χ0) is 29.2. The van der Waals surface area contributed by atoms with Crippen molar-refractivity contribution in [3.05, 3.63) is 95.1 Å². The molecule has 0 N–H and O–H groups in total. The largest absolute Gasteiger partial charge is 0.461 e. The molecular weight excluding hydrogens is 504 g/mol. The molecule has 6 heteroatoms. The average Bonchev–Trinajstić information content (AvgIpc) is 2.92. The van der Waals surface area contributed by atoms with Gasteiger partial charge in [0.25, 0.3) is 0 Å². The van der Waals surface area contributed by atoms with Crippen molar-refractivity contribution in [1.29, 1.82) is 0 Å². The van der Waals surface area contributed by atoms with E-state index in [0.717, 1.165) is 11.1 Å². The molecule has 212 valence electrons. The summed E-state index contributed by atoms with van der Waals surface area (Å²) < 4.78 is 10.7. The van der Waals surface area contributed by atoms with Gasteiger partial charge in [-0.3, -0.25) is 19.2 Å². The lowest BCUT2D eigenvalue weighted by atomic mass is 9.70. The topological polar surface area (TPSA) is 86.7 Å². The lowest BCUT2D eigenvalue weighted by molar-refractivity contribution is -0.146. The predicted octanol–water partition coefficient (Wildman–Crippen LogP) is 6.87. The van der Waals surface area contributed by atoms with Crippen molar-refractivity contribution in [2.45, 2.75) is 79.4 Å². The minimum absolute atomic E-state index is 0.179. The predicted molar refractivity (Wildman–Crippen MR) is 154 cm³/mol. The Morgan fingerprint density at radius 2 is 0.950 bits per heavy atom. The molecule has 0 bridgehead atoms. The highest BCUT2D eigenvalue weighted by Crippen LogP contribution is 2.40. The van der Waals surface area contributed by atoms with Crippen LogP contribution in [0.5, 0.6) is 0 Å². The molecule has 6 nitrogen and oxygen atoms in total. The van der Waals surface area contributed by atoms with E-state index in [9.17, 15) is 19.2 Å². The van der Waals surface area contributed by atoms with Crippen LogP contribution < -0.4 is 0 Å². The molecule has 0 aliphatic heterocycles. The Labute approximate surface area is 237 Å². The van der Waals surface area contributed by atoms with E-state index in [0.29, 0.717) is 36.8 Å². The van der Waals surface area contributed by atoms with Crippen LogP contribution in [0.25, 0.3) is 0 Å². The summed E-state index contributed by atoms with van der Waals surface area (Å²) >= 11 is 0. The van der Waals surface area contributed by atoms with Gasteiger partial charge in [-0.25, -0.2) is 0 Å². The molecule has 1 aliphatic rings. The Kier molecular flexibility index (Phi) is 10.8. The van der Waals surface area contributed by atoms with Crippen LogP contribution in [0.4, 0.5) is 0 Å². The van der Waals surface area contributed by atoms with E-state index < -0.39 is 10.8 Å². The summed E-state index contributed by atoms with van der Waals surface area (Å²) in [5, 5.41) is 0. The number of hydrogen-bond donors (Lipinski definition) is 0. The lowest BCUT2D eigenvalue weighted by Gasteiger charge is -2.32. The normalized spacial score (nSPS) is 13.9. The fourth-order valence-electron chi connectivity index (χ4n) is 4.86. The molecule has 2 aromatic rings. The second-order valence-electron chi connectivity index (χ2n) is 11.6. The Bertz CT molecular complexity index is 1150. The summed E-state index contributed by atoms with van der Waals surface area (Å²) in [4.78, 5) is 50.6. The first-order chi connectivity index (χ1) is 19.0. The monoisotopic (exact) mass is 544 g/mol. The number of benzene rings is 2. The zero-order valence-corrected chi connectivity index (χ0v) is 24.0. The molecular formula is C34H40O6. The van der Waals surface area contributed by atoms with Gasteiger partial charge in [0.15, 0.2) is 11.6 Å². The minimum Gasteiger partial charge on any atom is -0.461 e. The van der Waals surface area contributed by atoms with E-state index in [1.807, 2.05) is 88.4 Å². The maximum atomic E-state index is 13.1. The number of ether oxygens (including phenoxy) is 2. The highest BCUT2D eigenvalue weighted by Gasteiger charge is 2.36. The van der Waals surface area contributed by atoms with Gasteiger partial charge < -0.3 is 9.47 Å². The van der Waals surface area contributed by atoms with Gasteiger partial charge in [0.05, 0.1) is 0 Å². The minimum atomic E-state index is -0.568. The highest BCUT2D eigenvalue weighted by atomic mass is 16.5. The van der Waals surface area contributed by atoms with Gasteiger partial charge in [-0.15, -0.1) is 0 Å². The highest BCUT2D eigenvalue weighted by molar-refractivity contribution is 6.20. The van der Waals surface area contributed by atoms with Crippen LogP contribution in [0.3, 0.4) is 0 Å². The number of allylic oxidation sites excluding steroid dienone is 4. The SMILES string of the molecule is CC(C)(CCCC(=O)OCc1ccccc1)C1=CC(=O)C(C(C)(C)CCCC(=O)OCc2ccccc2)=CC1=O. The summed E-state index contributed by atoms with van der Waals surface area (Å²) in [7, 11) is 0. The molecule has 1 aliphatic carbocycles. The summed E-state index contributed by atoms with van der Waals surface area (Å²) in [6, 6.07) is 19.0. The van der Waals surface area contributed by atoms with Gasteiger partial charge in [-0.05, 0) is 59.8 Å². The molecule has 0 aromatic heterocycles. The number of esters is 2. The van der Waals surface area contributed by atoms with E-state index in [1.54, 1.807) is 0 Å². The Morgan fingerprint density at radius 1 is 0.600 bits per heavy atom. The average molecular weight is 545 g/mol. The number of carbonyl (C=O) groups excluding carboxylic acids is 4. The molecule has 0 heterocycles. The maximum Gasteiger partial charge on any atom is 0.306 e. The van der Waals surface area contributed by atoms with Crippen molar-refractivity contribution in [3.8, 4) is 0 Å². The second kappa shape index (κ2) is 14.0. The van der Waals surface area contributed by atoms with Crippen LogP contribution >= 0.6 is 0 Å².